The fourth-order valence-electron chi connectivity index (χ4n) is 2.24. The van der Waals surface area contributed by atoms with E-state index in [0.717, 1.165) is 5.69 Å². The third kappa shape index (κ3) is 3.05. The molecule has 3 rings (SSSR count). The molecule has 2 heterocycles. The van der Waals surface area contributed by atoms with Gasteiger partial charge < -0.3 is 20.5 Å². The first-order chi connectivity index (χ1) is 11.6. The Morgan fingerprint density at radius 1 is 1.17 bits per heavy atom. The molecule has 0 atom stereocenters. The molecule has 3 N–H and O–H groups in total. The van der Waals surface area contributed by atoms with Gasteiger partial charge in [0.1, 0.15) is 11.3 Å². The Morgan fingerprint density at radius 2 is 1.92 bits per heavy atom. The van der Waals surface area contributed by atoms with Crippen LogP contribution < -0.4 is 16.0 Å². The third-order valence-corrected chi connectivity index (χ3v) is 3.49. The van der Waals surface area contributed by atoms with E-state index in [1.165, 1.54) is 0 Å². The number of carbonyl (C=O) groups is 1. The van der Waals surface area contributed by atoms with Crippen LogP contribution in [0.4, 0.5) is 17.3 Å². The lowest BCUT2D eigenvalue weighted by Crippen LogP contribution is -2.14. The van der Waals surface area contributed by atoms with Crippen molar-refractivity contribution in [1.29, 1.82) is 0 Å². The minimum atomic E-state index is -0.396. The average Bonchev–Trinajstić information content (AvgIpc) is 2.98. The van der Waals surface area contributed by atoms with Crippen LogP contribution in [-0.2, 0) is 0 Å². The number of nitrogens with two attached hydrogens (primary N) is 1. The molecule has 0 saturated carbocycles. The molecule has 7 heteroatoms. The van der Waals surface area contributed by atoms with Crippen molar-refractivity contribution in [2.45, 2.75) is 0 Å². The van der Waals surface area contributed by atoms with Gasteiger partial charge in [0.25, 0.3) is 5.91 Å². The van der Waals surface area contributed by atoms with Crippen molar-refractivity contribution in [1.82, 2.24) is 10.1 Å². The van der Waals surface area contributed by atoms with Crippen molar-refractivity contribution < 1.29 is 9.32 Å². The van der Waals surface area contributed by atoms with Crippen LogP contribution in [0.3, 0.4) is 0 Å². The van der Waals surface area contributed by atoms with Crippen LogP contribution in [0.15, 0.2) is 53.2 Å². The van der Waals surface area contributed by atoms with E-state index in [1.54, 1.807) is 24.4 Å². The van der Waals surface area contributed by atoms with Gasteiger partial charge >= 0.3 is 0 Å². The summed E-state index contributed by atoms with van der Waals surface area (Å²) in [6.45, 7) is 0. The van der Waals surface area contributed by atoms with Gasteiger partial charge in [-0.15, -0.1) is 0 Å². The summed E-state index contributed by atoms with van der Waals surface area (Å²) in [6.07, 6.45) is 1.61. The molecule has 0 saturated heterocycles. The van der Waals surface area contributed by atoms with Gasteiger partial charge in [0.05, 0.1) is 5.69 Å². The maximum Gasteiger partial charge on any atom is 0.263 e. The lowest BCUT2D eigenvalue weighted by Gasteiger charge is -2.13. The summed E-state index contributed by atoms with van der Waals surface area (Å²) >= 11 is 0. The molecule has 0 bridgehead atoms. The Bertz CT molecular complexity index is 841. The standard InChI is InChI=1S/C17H17N5O2/c1-22(2)12-8-6-11(7-9-12)20-17(23)14-15(21-24-16(14)18)13-5-3-4-10-19-13/h3-10H,18H2,1-2H3,(H,20,23). The summed E-state index contributed by atoms with van der Waals surface area (Å²) in [5, 5.41) is 6.65. The Kier molecular flexibility index (Phi) is 4.15. The zero-order valence-corrected chi connectivity index (χ0v) is 13.4. The van der Waals surface area contributed by atoms with E-state index in [4.69, 9.17) is 10.3 Å². The highest BCUT2D eigenvalue weighted by atomic mass is 16.5. The highest BCUT2D eigenvalue weighted by Gasteiger charge is 2.23. The molecular weight excluding hydrogens is 306 g/mol. The van der Waals surface area contributed by atoms with Gasteiger partial charge in [0, 0.05) is 31.7 Å². The van der Waals surface area contributed by atoms with Crippen molar-refractivity contribution >= 4 is 23.2 Å². The number of benzene rings is 1. The maximum atomic E-state index is 12.6. The van der Waals surface area contributed by atoms with Crippen LogP contribution in [0.25, 0.3) is 11.4 Å². The monoisotopic (exact) mass is 323 g/mol. The molecule has 3 aromatic rings. The van der Waals surface area contributed by atoms with Gasteiger partial charge in [-0.2, -0.15) is 0 Å². The second-order valence-electron chi connectivity index (χ2n) is 5.38. The molecule has 0 unspecified atom stereocenters. The molecule has 0 aliphatic rings. The average molecular weight is 323 g/mol. The number of nitrogens with one attached hydrogen (secondary N) is 1. The lowest BCUT2D eigenvalue weighted by molar-refractivity contribution is 0.102. The zero-order chi connectivity index (χ0) is 17.1. The van der Waals surface area contributed by atoms with Crippen molar-refractivity contribution in [3.8, 4) is 11.4 Å². The number of hydrogen-bond donors (Lipinski definition) is 2. The number of aromatic nitrogens is 2. The normalized spacial score (nSPS) is 10.4. The molecule has 0 aliphatic carbocycles. The summed E-state index contributed by atoms with van der Waals surface area (Å²) in [5.41, 5.74) is 8.46. The molecule has 0 aliphatic heterocycles. The van der Waals surface area contributed by atoms with Crippen LogP contribution in [-0.4, -0.2) is 30.1 Å². The van der Waals surface area contributed by atoms with Gasteiger partial charge in [-0.05, 0) is 36.4 Å². The predicted octanol–water partition coefficient (Wildman–Crippen LogP) is 2.64. The number of pyridine rings is 1. The Balaban J connectivity index is 1.87. The summed E-state index contributed by atoms with van der Waals surface area (Å²) in [7, 11) is 3.90. The predicted molar refractivity (Wildman–Crippen MR) is 92.9 cm³/mol. The fourth-order valence-corrected chi connectivity index (χ4v) is 2.24. The van der Waals surface area contributed by atoms with Gasteiger partial charge in [-0.1, -0.05) is 11.2 Å². The molecule has 1 amide bonds. The zero-order valence-electron chi connectivity index (χ0n) is 13.4. The highest BCUT2D eigenvalue weighted by molar-refractivity contribution is 6.10. The summed E-state index contributed by atoms with van der Waals surface area (Å²) < 4.78 is 4.98. The minimum Gasteiger partial charge on any atom is -0.378 e. The van der Waals surface area contributed by atoms with E-state index < -0.39 is 5.91 Å². The Labute approximate surface area is 139 Å². The van der Waals surface area contributed by atoms with E-state index in [9.17, 15) is 4.79 Å². The van der Waals surface area contributed by atoms with E-state index in [1.807, 2.05) is 43.3 Å². The molecule has 0 radical (unpaired) electrons. The first-order valence-electron chi connectivity index (χ1n) is 7.31. The molecule has 24 heavy (non-hydrogen) atoms. The smallest absolute Gasteiger partial charge is 0.263 e. The number of nitrogen functional groups attached to an aromatic ring is 1. The Hall–Kier alpha value is -3.35. The Morgan fingerprint density at radius 3 is 2.54 bits per heavy atom. The fraction of sp³-hybridized carbons (Fsp3) is 0.118. The lowest BCUT2D eigenvalue weighted by atomic mass is 10.1. The van der Waals surface area contributed by atoms with E-state index in [2.05, 4.69) is 15.5 Å². The third-order valence-electron chi connectivity index (χ3n) is 3.49. The second-order valence-corrected chi connectivity index (χ2v) is 5.38. The molecule has 2 aromatic heterocycles. The number of rotatable bonds is 4. The van der Waals surface area contributed by atoms with Crippen LogP contribution in [0, 0.1) is 0 Å². The van der Waals surface area contributed by atoms with Crippen molar-refractivity contribution in [2.24, 2.45) is 0 Å². The number of amides is 1. The van der Waals surface area contributed by atoms with Crippen LogP contribution in [0.5, 0.6) is 0 Å². The van der Waals surface area contributed by atoms with E-state index in [0.29, 0.717) is 17.1 Å². The highest BCUT2D eigenvalue weighted by Crippen LogP contribution is 2.26. The van der Waals surface area contributed by atoms with Gasteiger partial charge in [0.15, 0.2) is 0 Å². The largest absolute Gasteiger partial charge is 0.378 e. The summed E-state index contributed by atoms with van der Waals surface area (Å²) in [6, 6.07) is 12.8. The van der Waals surface area contributed by atoms with Crippen molar-refractivity contribution in [3.63, 3.8) is 0 Å². The van der Waals surface area contributed by atoms with Crippen LogP contribution in [0.2, 0.25) is 0 Å². The van der Waals surface area contributed by atoms with Gasteiger partial charge in [-0.25, -0.2) is 0 Å². The number of hydrogen-bond acceptors (Lipinski definition) is 6. The molecule has 7 nitrogen and oxygen atoms in total. The molecule has 122 valence electrons. The summed E-state index contributed by atoms with van der Waals surface area (Å²) in [4.78, 5) is 18.7. The van der Waals surface area contributed by atoms with E-state index >= 15 is 0 Å². The first kappa shape index (κ1) is 15.5. The number of nitrogens with zero attached hydrogens (tertiary/aromatic N) is 3. The topological polar surface area (TPSA) is 97.3 Å². The summed E-state index contributed by atoms with van der Waals surface area (Å²) in [5.74, 6) is -0.440. The molecular formula is C17H17N5O2. The van der Waals surface area contributed by atoms with E-state index in [-0.39, 0.29) is 11.4 Å². The molecule has 0 fully saturated rings. The number of anilines is 3. The van der Waals surface area contributed by atoms with Crippen LogP contribution in [0.1, 0.15) is 10.4 Å². The van der Waals surface area contributed by atoms with Gasteiger partial charge in [-0.3, -0.25) is 9.78 Å². The van der Waals surface area contributed by atoms with Crippen LogP contribution >= 0.6 is 0 Å². The van der Waals surface area contributed by atoms with Crippen molar-refractivity contribution in [3.05, 3.63) is 54.2 Å². The number of carbonyl (C=O) groups excluding carboxylic acids is 1. The maximum absolute atomic E-state index is 12.6. The minimum absolute atomic E-state index is 0.0435. The molecule has 1 aromatic carbocycles. The van der Waals surface area contributed by atoms with Gasteiger partial charge in [0.2, 0.25) is 5.88 Å². The quantitative estimate of drug-likeness (QED) is 0.766. The molecule has 0 spiro atoms. The second kappa shape index (κ2) is 6.41. The van der Waals surface area contributed by atoms with Crippen molar-refractivity contribution in [2.75, 3.05) is 30.0 Å². The SMILES string of the molecule is CN(C)c1ccc(NC(=O)c2c(-c3ccccn3)noc2N)cc1. The first-order valence-corrected chi connectivity index (χ1v) is 7.31.